The van der Waals surface area contributed by atoms with Gasteiger partial charge in [-0.25, -0.2) is 4.79 Å². The van der Waals surface area contributed by atoms with E-state index in [9.17, 15) is 20.0 Å². The average molecular weight is 352 g/mol. The lowest BCUT2D eigenvalue weighted by Crippen LogP contribution is -2.20. The quantitative estimate of drug-likeness (QED) is 0.417. The van der Waals surface area contributed by atoms with Crippen LogP contribution in [0.15, 0.2) is 53.8 Å². The summed E-state index contributed by atoms with van der Waals surface area (Å²) in [6, 6.07) is 7.89. The molecule has 0 fully saturated rings. The molecular formula is C16H12N6O4. The molecule has 0 aliphatic rings. The van der Waals surface area contributed by atoms with Crippen LogP contribution in [0.3, 0.4) is 0 Å². The zero-order chi connectivity index (χ0) is 18.7. The number of nitrogens with two attached hydrogens (primary N) is 1. The van der Waals surface area contributed by atoms with Gasteiger partial charge in [0.05, 0.1) is 22.4 Å². The fraction of sp³-hybridized carbons (Fsp3) is 0. The summed E-state index contributed by atoms with van der Waals surface area (Å²) in [6.07, 6.45) is 4.41. The number of hydrogen-bond donors (Lipinski definition) is 2. The molecule has 0 aliphatic carbocycles. The van der Waals surface area contributed by atoms with E-state index in [1.807, 2.05) is 0 Å². The minimum Gasteiger partial charge on any atom is -0.493 e. The van der Waals surface area contributed by atoms with Crippen LogP contribution in [0.2, 0.25) is 0 Å². The molecular weight excluding hydrogens is 340 g/mol. The van der Waals surface area contributed by atoms with Gasteiger partial charge in [0.25, 0.3) is 5.69 Å². The molecule has 0 radical (unpaired) electrons. The third-order valence-corrected chi connectivity index (χ3v) is 3.45. The average Bonchev–Trinajstić information content (AvgIpc) is 2.97. The monoisotopic (exact) mass is 352 g/mol. The number of aromatic nitrogens is 3. The van der Waals surface area contributed by atoms with Crippen molar-refractivity contribution in [1.29, 1.82) is 0 Å². The number of amides is 1. The predicted octanol–water partition coefficient (Wildman–Crippen LogP) is 2.24. The van der Waals surface area contributed by atoms with Crippen LogP contribution in [0.25, 0.3) is 11.3 Å². The van der Waals surface area contributed by atoms with Crippen molar-refractivity contribution in [2.24, 2.45) is 10.7 Å². The summed E-state index contributed by atoms with van der Waals surface area (Å²) in [6.45, 7) is 0. The van der Waals surface area contributed by atoms with Crippen LogP contribution in [0.1, 0.15) is 5.56 Å². The van der Waals surface area contributed by atoms with Crippen LogP contribution in [-0.4, -0.2) is 37.0 Å². The normalized spacial score (nSPS) is 10.9. The summed E-state index contributed by atoms with van der Waals surface area (Å²) in [5.41, 5.74) is 6.41. The number of benzene rings is 1. The van der Waals surface area contributed by atoms with Gasteiger partial charge in [-0.1, -0.05) is 0 Å². The number of pyridine rings is 1. The van der Waals surface area contributed by atoms with E-state index in [-0.39, 0.29) is 16.9 Å². The fourth-order valence-electron chi connectivity index (χ4n) is 2.22. The Morgan fingerprint density at radius 3 is 2.62 bits per heavy atom. The molecule has 26 heavy (non-hydrogen) atoms. The number of nitro groups is 1. The van der Waals surface area contributed by atoms with Crippen LogP contribution >= 0.6 is 0 Å². The molecule has 0 atom stereocenters. The van der Waals surface area contributed by atoms with Gasteiger partial charge in [0.1, 0.15) is 5.69 Å². The van der Waals surface area contributed by atoms with Gasteiger partial charge >= 0.3 is 6.03 Å². The van der Waals surface area contributed by atoms with Crippen LogP contribution in [-0.2, 0) is 0 Å². The smallest absolute Gasteiger partial charge is 0.342 e. The van der Waals surface area contributed by atoms with Gasteiger partial charge in [-0.2, -0.15) is 5.10 Å². The van der Waals surface area contributed by atoms with Gasteiger partial charge in [0.15, 0.2) is 0 Å². The van der Waals surface area contributed by atoms with Crippen molar-refractivity contribution in [3.05, 3.63) is 64.5 Å². The zero-order valence-electron chi connectivity index (χ0n) is 13.2. The predicted molar refractivity (Wildman–Crippen MR) is 92.5 cm³/mol. The highest BCUT2D eigenvalue weighted by Crippen LogP contribution is 2.30. The second-order valence-corrected chi connectivity index (χ2v) is 5.11. The Hall–Kier alpha value is -4.08. The highest BCUT2D eigenvalue weighted by atomic mass is 16.6. The Kier molecular flexibility index (Phi) is 4.39. The Labute approximate surface area is 146 Å². The highest BCUT2D eigenvalue weighted by molar-refractivity contribution is 5.95. The van der Waals surface area contributed by atoms with E-state index in [0.29, 0.717) is 15.9 Å². The number of non-ortho nitro benzene ring substituents is 1. The lowest BCUT2D eigenvalue weighted by atomic mass is 10.1. The van der Waals surface area contributed by atoms with Crippen molar-refractivity contribution in [2.45, 2.75) is 0 Å². The first kappa shape index (κ1) is 16.8. The van der Waals surface area contributed by atoms with E-state index < -0.39 is 16.8 Å². The molecule has 3 N–H and O–H groups in total. The fourth-order valence-corrected chi connectivity index (χ4v) is 2.22. The number of nitro benzene ring substituents is 1. The number of hydrogen-bond acceptors (Lipinski definition) is 7. The first-order valence-electron chi connectivity index (χ1n) is 7.28. The van der Waals surface area contributed by atoms with Gasteiger partial charge in [-0.3, -0.25) is 20.1 Å². The van der Waals surface area contributed by atoms with Gasteiger partial charge in [0, 0.05) is 30.1 Å². The largest absolute Gasteiger partial charge is 0.493 e. The summed E-state index contributed by atoms with van der Waals surface area (Å²) in [5.74, 6) is -0.488. The molecule has 0 aliphatic heterocycles. The summed E-state index contributed by atoms with van der Waals surface area (Å²) < 4.78 is 0.626. The molecule has 0 bridgehead atoms. The van der Waals surface area contributed by atoms with Crippen molar-refractivity contribution in [3.63, 3.8) is 0 Å². The van der Waals surface area contributed by atoms with E-state index in [4.69, 9.17) is 5.73 Å². The molecule has 0 saturated heterocycles. The van der Waals surface area contributed by atoms with Crippen LogP contribution < -0.4 is 5.73 Å². The van der Waals surface area contributed by atoms with E-state index in [0.717, 1.165) is 0 Å². The number of primary amides is 1. The standard InChI is InChI=1S/C16H12N6O4/c17-16(24)21-15(23)13(9-19-11-2-1-7-18-8-11)14(20-21)10-3-5-12(6-4-10)22(25)26/h1-9,23H,(H2,17,24)/b19-9+. The zero-order valence-corrected chi connectivity index (χ0v) is 13.2. The molecule has 1 amide bonds. The Morgan fingerprint density at radius 2 is 2.04 bits per heavy atom. The van der Waals surface area contributed by atoms with E-state index in [2.05, 4.69) is 15.1 Å². The molecule has 3 rings (SSSR count). The molecule has 1 aromatic carbocycles. The number of nitrogens with zero attached hydrogens (tertiary/aromatic N) is 5. The second kappa shape index (κ2) is 6.81. The molecule has 2 aromatic heterocycles. The third kappa shape index (κ3) is 3.24. The minimum atomic E-state index is -0.980. The molecule has 0 spiro atoms. The first-order chi connectivity index (χ1) is 12.5. The van der Waals surface area contributed by atoms with Crippen molar-refractivity contribution in [3.8, 4) is 17.1 Å². The van der Waals surface area contributed by atoms with Crippen molar-refractivity contribution >= 4 is 23.6 Å². The lowest BCUT2D eigenvalue weighted by molar-refractivity contribution is -0.384. The number of aromatic hydroxyl groups is 1. The first-order valence-corrected chi connectivity index (χ1v) is 7.28. The van der Waals surface area contributed by atoms with E-state index >= 15 is 0 Å². The maximum absolute atomic E-state index is 11.5. The topological polar surface area (TPSA) is 150 Å². The number of carbonyl (C=O) groups is 1. The molecule has 0 unspecified atom stereocenters. The van der Waals surface area contributed by atoms with Gasteiger partial charge in [-0.15, -0.1) is 4.68 Å². The van der Waals surface area contributed by atoms with Gasteiger partial charge in [-0.05, 0) is 24.3 Å². The van der Waals surface area contributed by atoms with Crippen LogP contribution in [0.4, 0.5) is 16.2 Å². The van der Waals surface area contributed by atoms with Crippen molar-refractivity contribution in [2.75, 3.05) is 0 Å². The highest BCUT2D eigenvalue weighted by Gasteiger charge is 2.20. The Balaban J connectivity index is 2.09. The van der Waals surface area contributed by atoms with Gasteiger partial charge in [0.2, 0.25) is 5.88 Å². The number of carbonyl (C=O) groups excluding carboxylic acids is 1. The molecule has 130 valence electrons. The number of rotatable bonds is 4. The van der Waals surface area contributed by atoms with Crippen LogP contribution in [0.5, 0.6) is 5.88 Å². The molecule has 3 aromatic rings. The molecule has 2 heterocycles. The minimum absolute atomic E-state index is 0.0992. The second-order valence-electron chi connectivity index (χ2n) is 5.11. The SMILES string of the molecule is NC(=O)n1nc(-c2ccc([N+](=O)[O-])cc2)c(/C=N/c2cccnc2)c1O. The van der Waals surface area contributed by atoms with Gasteiger partial charge < -0.3 is 10.8 Å². The van der Waals surface area contributed by atoms with Crippen molar-refractivity contribution in [1.82, 2.24) is 14.8 Å². The van der Waals surface area contributed by atoms with Crippen molar-refractivity contribution < 1.29 is 14.8 Å². The lowest BCUT2D eigenvalue weighted by Gasteiger charge is -1.99. The maximum Gasteiger partial charge on any atom is 0.342 e. The summed E-state index contributed by atoms with van der Waals surface area (Å²) >= 11 is 0. The van der Waals surface area contributed by atoms with E-state index in [1.54, 1.807) is 18.3 Å². The summed E-state index contributed by atoms with van der Waals surface area (Å²) in [5, 5.41) is 25.0. The summed E-state index contributed by atoms with van der Waals surface area (Å²) in [4.78, 5) is 29.8. The third-order valence-electron chi connectivity index (χ3n) is 3.45. The Morgan fingerprint density at radius 1 is 1.31 bits per heavy atom. The molecule has 10 nitrogen and oxygen atoms in total. The maximum atomic E-state index is 11.5. The summed E-state index contributed by atoms with van der Waals surface area (Å²) in [7, 11) is 0. The van der Waals surface area contributed by atoms with E-state index in [1.165, 1.54) is 36.7 Å². The molecule has 0 saturated carbocycles. The Bertz CT molecular complexity index is 996. The van der Waals surface area contributed by atoms with Crippen LogP contribution in [0, 0.1) is 10.1 Å². The number of aliphatic imine (C=N–C) groups is 1. The molecule has 10 heteroatoms.